The van der Waals surface area contributed by atoms with Gasteiger partial charge in [0.25, 0.3) is 5.91 Å². The molecular weight excluding hydrogens is 406 g/mol. The second kappa shape index (κ2) is 8.43. The molecule has 136 valence electrons. The van der Waals surface area contributed by atoms with Crippen LogP contribution in [-0.2, 0) is 4.79 Å². The molecule has 0 atom stereocenters. The molecular formula is C17H16BrN3O5. The molecule has 0 aliphatic heterocycles. The van der Waals surface area contributed by atoms with Crippen molar-refractivity contribution in [1.82, 2.24) is 5.43 Å². The lowest BCUT2D eigenvalue weighted by molar-refractivity contribution is -0.385. The molecule has 26 heavy (non-hydrogen) atoms. The second-order valence-electron chi connectivity index (χ2n) is 5.46. The Morgan fingerprint density at radius 3 is 2.62 bits per heavy atom. The molecule has 0 spiro atoms. The molecule has 0 saturated carbocycles. The Bertz CT molecular complexity index is 860. The van der Waals surface area contributed by atoms with Crippen LogP contribution in [0.1, 0.15) is 16.7 Å². The lowest BCUT2D eigenvalue weighted by Gasteiger charge is -2.11. The molecule has 2 aromatic carbocycles. The van der Waals surface area contributed by atoms with E-state index in [0.29, 0.717) is 11.3 Å². The van der Waals surface area contributed by atoms with Crippen molar-refractivity contribution in [2.45, 2.75) is 13.8 Å². The molecule has 9 heteroatoms. The third-order valence-corrected chi connectivity index (χ3v) is 3.83. The monoisotopic (exact) mass is 421 g/mol. The summed E-state index contributed by atoms with van der Waals surface area (Å²) in [4.78, 5) is 21.9. The van der Waals surface area contributed by atoms with Gasteiger partial charge in [-0.05, 0) is 49.2 Å². The summed E-state index contributed by atoms with van der Waals surface area (Å²) in [5.74, 6) is -0.289. The van der Waals surface area contributed by atoms with Crippen LogP contribution in [0.2, 0.25) is 0 Å². The van der Waals surface area contributed by atoms with Gasteiger partial charge in [0.2, 0.25) is 0 Å². The number of hydrazone groups is 1. The van der Waals surface area contributed by atoms with Crippen molar-refractivity contribution in [3.63, 3.8) is 0 Å². The molecule has 2 aromatic rings. The molecule has 0 heterocycles. The molecule has 0 saturated heterocycles. The Balaban J connectivity index is 1.94. The largest absolute Gasteiger partial charge is 0.502 e. The SMILES string of the molecule is Cc1cc(Br)cc(C)c1OCC(=O)N/N=C/c1ccc(O)c([N+](=O)[O-])c1. The first-order chi connectivity index (χ1) is 12.3. The number of nitro benzene ring substituents is 1. The summed E-state index contributed by atoms with van der Waals surface area (Å²) in [7, 11) is 0. The number of aromatic hydroxyl groups is 1. The maximum Gasteiger partial charge on any atom is 0.311 e. The second-order valence-corrected chi connectivity index (χ2v) is 6.37. The van der Waals surface area contributed by atoms with Crippen molar-refractivity contribution in [2.75, 3.05) is 6.61 Å². The molecule has 0 fully saturated rings. The van der Waals surface area contributed by atoms with Crippen LogP contribution in [0, 0.1) is 24.0 Å². The number of halogens is 1. The van der Waals surface area contributed by atoms with E-state index in [1.165, 1.54) is 18.3 Å². The van der Waals surface area contributed by atoms with Crippen molar-refractivity contribution >= 4 is 33.7 Å². The molecule has 0 aliphatic carbocycles. The smallest absolute Gasteiger partial charge is 0.311 e. The summed E-state index contributed by atoms with van der Waals surface area (Å²) in [5, 5.41) is 23.9. The minimum Gasteiger partial charge on any atom is -0.502 e. The third kappa shape index (κ3) is 5.03. The molecule has 0 aliphatic rings. The number of nitro groups is 1. The summed E-state index contributed by atoms with van der Waals surface area (Å²) in [6.07, 6.45) is 1.24. The highest BCUT2D eigenvalue weighted by molar-refractivity contribution is 9.10. The predicted octanol–water partition coefficient (Wildman–Crippen LogP) is 3.21. The van der Waals surface area contributed by atoms with Crippen molar-refractivity contribution in [2.24, 2.45) is 5.10 Å². The van der Waals surface area contributed by atoms with Crippen LogP contribution < -0.4 is 10.2 Å². The van der Waals surface area contributed by atoms with E-state index in [-0.39, 0.29) is 6.61 Å². The maximum absolute atomic E-state index is 11.8. The highest BCUT2D eigenvalue weighted by Crippen LogP contribution is 2.27. The quantitative estimate of drug-likeness (QED) is 0.422. The number of hydrogen-bond donors (Lipinski definition) is 2. The number of carbonyl (C=O) groups is 1. The third-order valence-electron chi connectivity index (χ3n) is 3.37. The Kier molecular flexibility index (Phi) is 6.29. The average molecular weight is 422 g/mol. The lowest BCUT2D eigenvalue weighted by atomic mass is 10.1. The fraction of sp³-hybridized carbons (Fsp3) is 0.176. The predicted molar refractivity (Wildman–Crippen MR) is 99.6 cm³/mol. The van der Waals surface area contributed by atoms with E-state index in [0.717, 1.165) is 21.7 Å². The van der Waals surface area contributed by atoms with Crippen LogP contribution in [0.3, 0.4) is 0 Å². The van der Waals surface area contributed by atoms with Crippen LogP contribution in [0.5, 0.6) is 11.5 Å². The highest BCUT2D eigenvalue weighted by atomic mass is 79.9. The van der Waals surface area contributed by atoms with Crippen LogP contribution in [0.25, 0.3) is 0 Å². The van der Waals surface area contributed by atoms with Crippen molar-refractivity contribution in [3.05, 3.63) is 61.6 Å². The van der Waals surface area contributed by atoms with Gasteiger partial charge in [-0.25, -0.2) is 5.43 Å². The molecule has 2 rings (SSSR count). The van der Waals surface area contributed by atoms with Gasteiger partial charge in [0.1, 0.15) is 5.75 Å². The zero-order valence-corrected chi connectivity index (χ0v) is 15.6. The van der Waals surface area contributed by atoms with Crippen molar-refractivity contribution in [1.29, 1.82) is 0 Å². The summed E-state index contributed by atoms with van der Waals surface area (Å²) >= 11 is 3.39. The van der Waals surface area contributed by atoms with E-state index < -0.39 is 22.3 Å². The number of hydrogen-bond acceptors (Lipinski definition) is 6. The van der Waals surface area contributed by atoms with Gasteiger partial charge in [-0.3, -0.25) is 14.9 Å². The van der Waals surface area contributed by atoms with E-state index in [4.69, 9.17) is 4.74 Å². The first-order valence-corrected chi connectivity index (χ1v) is 8.26. The first kappa shape index (κ1) is 19.4. The van der Waals surface area contributed by atoms with Crippen molar-refractivity contribution in [3.8, 4) is 11.5 Å². The fourth-order valence-corrected chi connectivity index (χ4v) is 2.93. The highest BCUT2D eigenvalue weighted by Gasteiger charge is 2.13. The minimum absolute atomic E-state index is 0.226. The van der Waals surface area contributed by atoms with Gasteiger partial charge in [0.05, 0.1) is 11.1 Å². The van der Waals surface area contributed by atoms with Gasteiger partial charge < -0.3 is 9.84 Å². The molecule has 0 bridgehead atoms. The van der Waals surface area contributed by atoms with E-state index in [1.807, 2.05) is 26.0 Å². The lowest BCUT2D eigenvalue weighted by Crippen LogP contribution is -2.25. The number of nitrogens with zero attached hydrogens (tertiary/aromatic N) is 2. The molecule has 1 amide bonds. The van der Waals surface area contributed by atoms with Gasteiger partial charge in [0.15, 0.2) is 12.4 Å². The summed E-state index contributed by atoms with van der Waals surface area (Å²) in [6, 6.07) is 7.54. The van der Waals surface area contributed by atoms with E-state index in [9.17, 15) is 20.0 Å². The zero-order chi connectivity index (χ0) is 19.3. The first-order valence-electron chi connectivity index (χ1n) is 7.47. The normalized spacial score (nSPS) is 10.7. The summed E-state index contributed by atoms with van der Waals surface area (Å²) in [5.41, 5.74) is 3.98. The molecule has 8 nitrogen and oxygen atoms in total. The van der Waals surface area contributed by atoms with Crippen LogP contribution in [0.15, 0.2) is 39.9 Å². The van der Waals surface area contributed by atoms with E-state index in [2.05, 4.69) is 26.5 Å². The molecule has 2 N–H and O–H groups in total. The van der Waals surface area contributed by atoms with Gasteiger partial charge in [-0.1, -0.05) is 15.9 Å². The fourth-order valence-electron chi connectivity index (χ4n) is 2.24. The number of rotatable bonds is 6. The molecule has 0 radical (unpaired) electrons. The van der Waals surface area contributed by atoms with E-state index in [1.54, 1.807) is 0 Å². The van der Waals surface area contributed by atoms with Gasteiger partial charge >= 0.3 is 5.69 Å². The number of nitrogens with one attached hydrogen (secondary N) is 1. The Labute approximate surface area is 157 Å². The van der Waals surface area contributed by atoms with Crippen LogP contribution in [0.4, 0.5) is 5.69 Å². The molecule has 0 unspecified atom stereocenters. The summed E-state index contributed by atoms with van der Waals surface area (Å²) in [6.45, 7) is 3.53. The van der Waals surface area contributed by atoms with Gasteiger partial charge in [-0.2, -0.15) is 5.10 Å². The van der Waals surface area contributed by atoms with Crippen LogP contribution in [-0.4, -0.2) is 28.8 Å². The average Bonchev–Trinajstić information content (AvgIpc) is 2.55. The number of benzene rings is 2. The Morgan fingerprint density at radius 2 is 2.00 bits per heavy atom. The van der Waals surface area contributed by atoms with Gasteiger partial charge in [0, 0.05) is 16.1 Å². The Hall–Kier alpha value is -2.94. The van der Waals surface area contributed by atoms with E-state index >= 15 is 0 Å². The number of phenolic OH excluding ortho intramolecular Hbond substituents is 1. The standard InChI is InChI=1S/C17H16BrN3O5/c1-10-5-13(18)6-11(2)17(10)26-9-16(23)20-19-8-12-3-4-15(22)14(7-12)21(24)25/h3-8,22H,9H2,1-2H3,(H,20,23)/b19-8+. The number of aryl methyl sites for hydroxylation is 2. The maximum atomic E-state index is 11.8. The van der Waals surface area contributed by atoms with Gasteiger partial charge in [-0.15, -0.1) is 0 Å². The summed E-state index contributed by atoms with van der Waals surface area (Å²) < 4.78 is 6.45. The molecule has 0 aromatic heterocycles. The Morgan fingerprint density at radius 1 is 1.35 bits per heavy atom. The number of ether oxygens (including phenoxy) is 1. The number of phenols is 1. The minimum atomic E-state index is -0.706. The topological polar surface area (TPSA) is 114 Å². The van der Waals surface area contributed by atoms with Crippen LogP contribution >= 0.6 is 15.9 Å². The van der Waals surface area contributed by atoms with Crippen molar-refractivity contribution < 1.29 is 19.6 Å². The number of amides is 1. The zero-order valence-electron chi connectivity index (χ0n) is 14.0. The number of carbonyl (C=O) groups excluding carboxylic acids is 1.